The average molecular weight is 527 g/mol. The maximum Gasteiger partial charge on any atom is 0.416 e. The second kappa shape index (κ2) is 12.1. The van der Waals surface area contributed by atoms with Crippen LogP contribution in [0.5, 0.6) is 11.5 Å². The molecule has 0 saturated carbocycles. The number of ketones is 1. The summed E-state index contributed by atoms with van der Waals surface area (Å²) in [4.78, 5) is 30.6. The lowest BCUT2D eigenvalue weighted by atomic mass is 9.98. The summed E-state index contributed by atoms with van der Waals surface area (Å²) >= 11 is 0. The molecule has 3 aromatic rings. The van der Waals surface area contributed by atoms with Crippen LogP contribution in [-0.2, 0) is 23.8 Å². The molecule has 0 unspecified atom stereocenters. The SMILES string of the molecule is CNC(=O)c1cc(Oc2ccc(CCC(=O)Cc3cc(C(F)(F)F)ccc3N3CCNCC3)cc2)ccn1. The maximum atomic E-state index is 13.4. The first kappa shape index (κ1) is 27.1. The molecule has 0 bridgehead atoms. The fraction of sp³-hybridized carbons (Fsp3) is 0.321. The summed E-state index contributed by atoms with van der Waals surface area (Å²) in [5.41, 5.74) is 1.49. The third-order valence-corrected chi connectivity index (χ3v) is 6.29. The molecule has 1 aliphatic heterocycles. The van der Waals surface area contributed by atoms with Crippen molar-refractivity contribution >= 4 is 17.4 Å². The number of piperazine rings is 1. The van der Waals surface area contributed by atoms with Gasteiger partial charge in [-0.05, 0) is 53.9 Å². The summed E-state index contributed by atoms with van der Waals surface area (Å²) in [7, 11) is 1.52. The number of anilines is 1. The summed E-state index contributed by atoms with van der Waals surface area (Å²) < 4.78 is 45.8. The van der Waals surface area contributed by atoms with Gasteiger partial charge in [-0.3, -0.25) is 14.6 Å². The Labute approximate surface area is 219 Å². The fourth-order valence-electron chi connectivity index (χ4n) is 4.29. The molecule has 0 spiro atoms. The van der Waals surface area contributed by atoms with Gasteiger partial charge in [0.15, 0.2) is 0 Å². The number of Topliss-reactive ketones (excluding diaryl/α,β-unsaturated/α-hetero) is 1. The molecule has 4 rings (SSSR count). The van der Waals surface area contributed by atoms with E-state index < -0.39 is 11.7 Å². The van der Waals surface area contributed by atoms with Crippen LogP contribution in [0, 0.1) is 0 Å². The predicted octanol–water partition coefficient (Wildman–Crippen LogP) is 4.41. The van der Waals surface area contributed by atoms with E-state index in [2.05, 4.69) is 15.6 Å². The molecule has 1 aromatic heterocycles. The number of aryl methyl sites for hydroxylation is 1. The molecule has 1 saturated heterocycles. The van der Waals surface area contributed by atoms with E-state index in [1.807, 2.05) is 17.0 Å². The van der Waals surface area contributed by atoms with Crippen molar-refractivity contribution in [3.05, 3.63) is 83.2 Å². The fourth-order valence-corrected chi connectivity index (χ4v) is 4.29. The second-order valence-corrected chi connectivity index (χ2v) is 9.00. The van der Waals surface area contributed by atoms with Crippen molar-refractivity contribution in [3.8, 4) is 11.5 Å². The first-order valence-corrected chi connectivity index (χ1v) is 12.4. The lowest BCUT2D eigenvalue weighted by Gasteiger charge is -2.31. The molecular formula is C28H29F3N4O3. The number of nitrogens with zero attached hydrogens (tertiary/aromatic N) is 2. The van der Waals surface area contributed by atoms with Crippen LogP contribution in [0.3, 0.4) is 0 Å². The van der Waals surface area contributed by atoms with Gasteiger partial charge in [-0.1, -0.05) is 12.1 Å². The summed E-state index contributed by atoms with van der Waals surface area (Å²) in [5, 5.41) is 5.74. The third-order valence-electron chi connectivity index (χ3n) is 6.29. The zero-order chi connectivity index (χ0) is 27.1. The van der Waals surface area contributed by atoms with Gasteiger partial charge in [0.2, 0.25) is 0 Å². The number of benzene rings is 2. The molecule has 10 heteroatoms. The Morgan fingerprint density at radius 1 is 1.03 bits per heavy atom. The molecule has 0 radical (unpaired) electrons. The van der Waals surface area contributed by atoms with Crippen molar-refractivity contribution in [3.63, 3.8) is 0 Å². The first-order chi connectivity index (χ1) is 18.2. The van der Waals surface area contributed by atoms with Crippen molar-refractivity contribution < 1.29 is 27.5 Å². The lowest BCUT2D eigenvalue weighted by molar-refractivity contribution is -0.137. The van der Waals surface area contributed by atoms with Gasteiger partial charge in [-0.15, -0.1) is 0 Å². The number of nitrogens with one attached hydrogen (secondary N) is 2. The van der Waals surface area contributed by atoms with Crippen LogP contribution in [0.1, 0.15) is 33.6 Å². The van der Waals surface area contributed by atoms with Gasteiger partial charge < -0.3 is 20.3 Å². The first-order valence-electron chi connectivity index (χ1n) is 12.4. The lowest BCUT2D eigenvalue weighted by Crippen LogP contribution is -2.44. The second-order valence-electron chi connectivity index (χ2n) is 9.00. The number of aromatic nitrogens is 1. The van der Waals surface area contributed by atoms with Crippen LogP contribution >= 0.6 is 0 Å². The Morgan fingerprint density at radius 2 is 1.76 bits per heavy atom. The standard InChI is InChI=1S/C28H29F3N4O3/c1-32-27(37)25-18-24(10-11-34-25)38-23-7-3-19(4-8-23)2-6-22(36)17-20-16-21(28(29,30)31)5-9-26(20)35-14-12-33-13-15-35/h3-5,7-11,16,18,33H,2,6,12-15,17H2,1H3,(H,32,37). The highest BCUT2D eigenvalue weighted by Crippen LogP contribution is 2.33. The van der Waals surface area contributed by atoms with Crippen LogP contribution in [-0.4, -0.2) is 49.9 Å². The highest BCUT2D eigenvalue weighted by atomic mass is 19.4. The number of halogens is 3. The van der Waals surface area contributed by atoms with Crippen molar-refractivity contribution in [1.82, 2.24) is 15.6 Å². The van der Waals surface area contributed by atoms with Gasteiger partial charge in [0.05, 0.1) is 5.56 Å². The number of ether oxygens (including phenoxy) is 1. The van der Waals surface area contributed by atoms with Crippen molar-refractivity contribution in [1.29, 1.82) is 0 Å². The zero-order valence-corrected chi connectivity index (χ0v) is 21.0. The van der Waals surface area contributed by atoms with E-state index in [1.54, 1.807) is 18.2 Å². The molecule has 1 aliphatic rings. The van der Waals surface area contributed by atoms with Gasteiger partial charge in [0.1, 0.15) is 23.0 Å². The van der Waals surface area contributed by atoms with Crippen LogP contribution < -0.4 is 20.3 Å². The summed E-state index contributed by atoms with van der Waals surface area (Å²) in [6.07, 6.45) is -2.38. The summed E-state index contributed by atoms with van der Waals surface area (Å²) in [6.45, 7) is 2.83. The Morgan fingerprint density at radius 3 is 2.45 bits per heavy atom. The number of alkyl halides is 3. The third kappa shape index (κ3) is 7.10. The molecule has 7 nitrogen and oxygen atoms in total. The molecule has 38 heavy (non-hydrogen) atoms. The molecule has 2 N–H and O–H groups in total. The highest BCUT2D eigenvalue weighted by molar-refractivity contribution is 5.92. The minimum atomic E-state index is -4.47. The Balaban J connectivity index is 1.38. The van der Waals surface area contributed by atoms with Crippen LogP contribution in [0.4, 0.5) is 18.9 Å². The molecule has 1 amide bonds. The van der Waals surface area contributed by atoms with Gasteiger partial charge in [0.25, 0.3) is 5.91 Å². The van der Waals surface area contributed by atoms with Crippen LogP contribution in [0.2, 0.25) is 0 Å². The Kier molecular flexibility index (Phi) is 8.62. The predicted molar refractivity (Wildman–Crippen MR) is 138 cm³/mol. The van der Waals surface area contributed by atoms with Gasteiger partial charge in [0, 0.05) is 64.0 Å². The van der Waals surface area contributed by atoms with E-state index >= 15 is 0 Å². The number of pyridine rings is 1. The zero-order valence-electron chi connectivity index (χ0n) is 21.0. The maximum absolute atomic E-state index is 13.4. The van der Waals surface area contributed by atoms with Crippen LogP contribution in [0.15, 0.2) is 60.8 Å². The minimum Gasteiger partial charge on any atom is -0.457 e. The number of hydrogen-bond acceptors (Lipinski definition) is 6. The smallest absolute Gasteiger partial charge is 0.416 e. The Hall–Kier alpha value is -3.92. The van der Waals surface area contributed by atoms with E-state index in [9.17, 15) is 22.8 Å². The topological polar surface area (TPSA) is 83.6 Å². The normalized spacial score (nSPS) is 13.7. The van der Waals surface area contributed by atoms with E-state index in [1.165, 1.54) is 25.4 Å². The average Bonchev–Trinajstić information content (AvgIpc) is 2.92. The van der Waals surface area contributed by atoms with Gasteiger partial charge in [-0.2, -0.15) is 13.2 Å². The van der Waals surface area contributed by atoms with E-state index in [4.69, 9.17) is 4.74 Å². The monoisotopic (exact) mass is 526 g/mol. The largest absolute Gasteiger partial charge is 0.457 e. The minimum absolute atomic E-state index is 0.0555. The number of hydrogen-bond donors (Lipinski definition) is 2. The molecule has 0 atom stereocenters. The number of carbonyl (C=O) groups is 2. The molecule has 1 fully saturated rings. The number of amides is 1. The van der Waals surface area contributed by atoms with E-state index in [-0.39, 0.29) is 30.2 Å². The summed E-state index contributed by atoms with van der Waals surface area (Å²) in [6, 6.07) is 14.0. The van der Waals surface area contributed by atoms with Gasteiger partial charge in [-0.25, -0.2) is 0 Å². The number of rotatable bonds is 9. The van der Waals surface area contributed by atoms with E-state index in [0.717, 1.165) is 30.8 Å². The van der Waals surface area contributed by atoms with Crippen molar-refractivity contribution in [2.75, 3.05) is 38.1 Å². The highest BCUT2D eigenvalue weighted by Gasteiger charge is 2.31. The Bertz CT molecular complexity index is 1270. The van der Waals surface area contributed by atoms with Crippen molar-refractivity contribution in [2.45, 2.75) is 25.4 Å². The van der Waals surface area contributed by atoms with Crippen molar-refractivity contribution in [2.24, 2.45) is 0 Å². The van der Waals surface area contributed by atoms with E-state index in [0.29, 0.717) is 42.3 Å². The molecular weight excluding hydrogens is 497 g/mol. The van der Waals surface area contributed by atoms with Gasteiger partial charge >= 0.3 is 6.18 Å². The molecule has 2 heterocycles. The summed E-state index contributed by atoms with van der Waals surface area (Å²) in [5.74, 6) is 0.571. The quantitative estimate of drug-likeness (QED) is 0.430. The molecule has 2 aromatic carbocycles. The molecule has 0 aliphatic carbocycles. The van der Waals surface area contributed by atoms with Crippen LogP contribution in [0.25, 0.3) is 0 Å². The molecule has 200 valence electrons. The number of carbonyl (C=O) groups excluding carboxylic acids is 2.